The molecule has 1 amide bonds. The number of hydrogen-bond acceptors (Lipinski definition) is 5. The number of sulfone groups is 1. The van der Waals surface area contributed by atoms with Crippen molar-refractivity contribution >= 4 is 44.7 Å². The first-order valence-corrected chi connectivity index (χ1v) is 15.2. The van der Waals surface area contributed by atoms with E-state index in [1.807, 2.05) is 30.3 Å². The van der Waals surface area contributed by atoms with Crippen LogP contribution in [0.4, 0.5) is 0 Å². The summed E-state index contributed by atoms with van der Waals surface area (Å²) in [5.74, 6) is -1.01. The predicted molar refractivity (Wildman–Crippen MR) is 146 cm³/mol. The second-order valence-corrected chi connectivity index (χ2v) is 13.9. The highest BCUT2D eigenvalue weighted by Crippen LogP contribution is 2.54. The number of hydrogen-bond donors (Lipinski definition) is 1. The molecule has 2 aliphatic rings. The number of likely N-dealkylation sites (tertiary alicyclic amines) is 1. The minimum absolute atomic E-state index is 0.0121. The van der Waals surface area contributed by atoms with Gasteiger partial charge in [-0.1, -0.05) is 61.3 Å². The Balaban J connectivity index is 1.92. The molecule has 9 heteroatoms. The Morgan fingerprint density at radius 2 is 1.78 bits per heavy atom. The van der Waals surface area contributed by atoms with Crippen LogP contribution < -0.4 is 0 Å². The number of Topliss-reactive ketones (excluding diaryl/α,β-unsaturated/α-hetero) is 1. The Hall–Kier alpha value is -1.93. The number of aliphatic hydroxyl groups is 1. The fourth-order valence-corrected chi connectivity index (χ4v) is 7.22. The number of aliphatic hydroxyl groups excluding tert-OH is 1. The molecular formula is C28H33Cl2NO5S. The molecule has 4 unspecified atom stereocenters. The van der Waals surface area contributed by atoms with Crippen molar-refractivity contribution in [1.29, 1.82) is 0 Å². The maximum Gasteiger partial charge on any atom is 0.229 e. The molecule has 4 atom stereocenters. The second-order valence-electron chi connectivity index (χ2n) is 10.6. The summed E-state index contributed by atoms with van der Waals surface area (Å²) in [6.07, 6.45) is 1.91. The quantitative estimate of drug-likeness (QED) is 0.426. The van der Waals surface area contributed by atoms with Gasteiger partial charge in [0.1, 0.15) is 6.61 Å². The lowest BCUT2D eigenvalue weighted by atomic mass is 9.66. The molecule has 1 saturated heterocycles. The zero-order valence-corrected chi connectivity index (χ0v) is 23.4. The maximum absolute atomic E-state index is 14.4. The summed E-state index contributed by atoms with van der Waals surface area (Å²) in [5, 5.41) is 10.6. The lowest BCUT2D eigenvalue weighted by Gasteiger charge is -2.52. The van der Waals surface area contributed by atoms with Crippen LogP contribution in [0.25, 0.3) is 0 Å². The van der Waals surface area contributed by atoms with E-state index in [1.165, 1.54) is 0 Å². The van der Waals surface area contributed by atoms with E-state index in [9.17, 15) is 23.1 Å². The van der Waals surface area contributed by atoms with E-state index in [1.54, 1.807) is 36.9 Å². The van der Waals surface area contributed by atoms with Crippen molar-refractivity contribution in [1.82, 2.24) is 4.90 Å². The van der Waals surface area contributed by atoms with Crippen LogP contribution in [0.15, 0.2) is 48.5 Å². The van der Waals surface area contributed by atoms with Crippen LogP contribution in [0.3, 0.4) is 0 Å². The van der Waals surface area contributed by atoms with Gasteiger partial charge in [0.25, 0.3) is 0 Å². The van der Waals surface area contributed by atoms with Crippen LogP contribution in [0.2, 0.25) is 10.0 Å². The van der Waals surface area contributed by atoms with Gasteiger partial charge >= 0.3 is 0 Å². The zero-order valence-electron chi connectivity index (χ0n) is 21.1. The number of nitrogens with zero attached hydrogens (tertiary/aromatic N) is 1. The standard InChI is InChI=1S/C28H33Cl2NO5S/c1-3-37(35,36)17-25(18-7-8-18)31-26(19-9-11-21(29)12-10-19)24(20-5-4-6-22(30)13-20)15-28(2,27(31)34)14-23(33)16-32/h4-6,9-13,18,24-26,32H,3,7-8,14-17H2,1-2H3. The molecule has 1 heterocycles. The number of piperidine rings is 1. The van der Waals surface area contributed by atoms with Gasteiger partial charge < -0.3 is 10.0 Å². The highest BCUT2D eigenvalue weighted by Gasteiger charge is 2.54. The van der Waals surface area contributed by atoms with Crippen molar-refractivity contribution in [3.8, 4) is 0 Å². The van der Waals surface area contributed by atoms with E-state index in [4.69, 9.17) is 23.2 Å². The zero-order chi connectivity index (χ0) is 27.0. The largest absolute Gasteiger partial charge is 0.389 e. The molecule has 0 spiro atoms. The van der Waals surface area contributed by atoms with Crippen molar-refractivity contribution in [3.63, 3.8) is 0 Å². The fourth-order valence-electron chi connectivity index (χ4n) is 5.70. The lowest BCUT2D eigenvalue weighted by molar-refractivity contribution is -0.157. The minimum atomic E-state index is -3.41. The molecule has 0 radical (unpaired) electrons. The summed E-state index contributed by atoms with van der Waals surface area (Å²) in [7, 11) is -3.41. The first kappa shape index (κ1) is 28.1. The third kappa shape index (κ3) is 6.22. The van der Waals surface area contributed by atoms with Gasteiger partial charge in [0.15, 0.2) is 15.6 Å². The van der Waals surface area contributed by atoms with E-state index >= 15 is 0 Å². The third-order valence-electron chi connectivity index (χ3n) is 7.74. The van der Waals surface area contributed by atoms with Crippen molar-refractivity contribution < 1.29 is 23.1 Å². The van der Waals surface area contributed by atoms with Gasteiger partial charge in [-0.25, -0.2) is 8.42 Å². The average molecular weight is 567 g/mol. The third-order valence-corrected chi connectivity index (χ3v) is 9.96. The molecule has 1 saturated carbocycles. The molecular weight excluding hydrogens is 533 g/mol. The average Bonchev–Trinajstić information content (AvgIpc) is 3.70. The van der Waals surface area contributed by atoms with Gasteiger partial charge in [-0.05, 0) is 60.6 Å². The summed E-state index contributed by atoms with van der Waals surface area (Å²) < 4.78 is 25.8. The molecule has 0 aromatic heterocycles. The van der Waals surface area contributed by atoms with Gasteiger partial charge in [-0.15, -0.1) is 0 Å². The summed E-state index contributed by atoms with van der Waals surface area (Å²) in [6, 6.07) is 13.8. The van der Waals surface area contributed by atoms with Crippen LogP contribution in [0, 0.1) is 11.3 Å². The molecule has 2 aromatic rings. The number of ketones is 1. The first-order chi connectivity index (χ1) is 17.5. The molecule has 1 N–H and O–H groups in total. The molecule has 1 aliphatic heterocycles. The van der Waals surface area contributed by atoms with Gasteiger partial charge in [0, 0.05) is 34.2 Å². The number of amides is 1. The van der Waals surface area contributed by atoms with Crippen LogP contribution in [0.1, 0.15) is 62.6 Å². The Morgan fingerprint density at radius 1 is 1.11 bits per heavy atom. The number of carbonyl (C=O) groups excluding carboxylic acids is 2. The molecule has 0 bridgehead atoms. The second kappa shape index (κ2) is 11.0. The van der Waals surface area contributed by atoms with E-state index in [-0.39, 0.29) is 35.7 Å². The Labute approximate surface area is 228 Å². The number of carbonyl (C=O) groups is 2. The van der Waals surface area contributed by atoms with E-state index in [2.05, 4.69) is 0 Å². The van der Waals surface area contributed by atoms with Crippen LogP contribution in [0.5, 0.6) is 0 Å². The minimum Gasteiger partial charge on any atom is -0.389 e. The molecule has 6 nitrogen and oxygen atoms in total. The Kier molecular flexibility index (Phi) is 8.39. The van der Waals surface area contributed by atoms with Gasteiger partial charge in [0.05, 0.1) is 17.2 Å². The number of halogens is 2. The summed E-state index contributed by atoms with van der Waals surface area (Å²) >= 11 is 12.6. The van der Waals surface area contributed by atoms with Gasteiger partial charge in [-0.3, -0.25) is 9.59 Å². The first-order valence-electron chi connectivity index (χ1n) is 12.6. The van der Waals surface area contributed by atoms with Crippen molar-refractivity contribution in [2.75, 3.05) is 18.1 Å². The molecule has 2 aromatic carbocycles. The monoisotopic (exact) mass is 565 g/mol. The summed E-state index contributed by atoms with van der Waals surface area (Å²) in [4.78, 5) is 28.6. The summed E-state index contributed by atoms with van der Waals surface area (Å²) in [5.41, 5.74) is 0.636. The lowest BCUT2D eigenvalue weighted by Crippen LogP contribution is -2.58. The molecule has 2 fully saturated rings. The number of benzene rings is 2. The number of rotatable bonds is 10. The fraction of sp³-hybridized carbons (Fsp3) is 0.500. The normalized spacial score (nSPS) is 25.2. The summed E-state index contributed by atoms with van der Waals surface area (Å²) in [6.45, 7) is 2.72. The molecule has 4 rings (SSSR count). The highest BCUT2D eigenvalue weighted by atomic mass is 35.5. The van der Waals surface area contributed by atoms with Crippen molar-refractivity contribution in [2.45, 2.75) is 57.5 Å². The van der Waals surface area contributed by atoms with Gasteiger partial charge in [0.2, 0.25) is 5.91 Å². The molecule has 1 aliphatic carbocycles. The van der Waals surface area contributed by atoms with Crippen LogP contribution >= 0.6 is 23.2 Å². The molecule has 37 heavy (non-hydrogen) atoms. The highest BCUT2D eigenvalue weighted by molar-refractivity contribution is 7.91. The van der Waals surface area contributed by atoms with Crippen LogP contribution in [-0.4, -0.2) is 54.3 Å². The Morgan fingerprint density at radius 3 is 2.35 bits per heavy atom. The molecule has 200 valence electrons. The van der Waals surface area contributed by atoms with Crippen molar-refractivity contribution in [2.24, 2.45) is 11.3 Å². The Bertz CT molecular complexity index is 1260. The maximum atomic E-state index is 14.4. The predicted octanol–water partition coefficient (Wildman–Crippen LogP) is 5.22. The SMILES string of the molecule is CCS(=O)(=O)CC(C1CC1)N1C(=O)C(C)(CC(=O)CO)CC(c2cccc(Cl)c2)C1c1ccc(Cl)cc1. The van der Waals surface area contributed by atoms with Crippen molar-refractivity contribution in [3.05, 3.63) is 69.7 Å². The topological polar surface area (TPSA) is 91.8 Å². The van der Waals surface area contributed by atoms with Gasteiger partial charge in [-0.2, -0.15) is 0 Å². The van der Waals surface area contributed by atoms with Crippen LogP contribution in [-0.2, 0) is 19.4 Å². The van der Waals surface area contributed by atoms with E-state index < -0.39 is 39.7 Å². The van der Waals surface area contributed by atoms with E-state index in [0.29, 0.717) is 16.5 Å². The smallest absolute Gasteiger partial charge is 0.229 e. The van der Waals surface area contributed by atoms with E-state index in [0.717, 1.165) is 24.0 Å².